The van der Waals surface area contributed by atoms with Crippen molar-refractivity contribution in [2.24, 2.45) is 0 Å². The monoisotopic (exact) mass is 267 g/mol. The molecule has 102 valence electrons. The van der Waals surface area contributed by atoms with Crippen molar-refractivity contribution >= 4 is 0 Å². The van der Waals surface area contributed by atoms with Crippen LogP contribution in [-0.2, 0) is 0 Å². The molecule has 1 unspecified atom stereocenters. The summed E-state index contributed by atoms with van der Waals surface area (Å²) < 4.78 is 38.3. The Morgan fingerprint density at radius 2 is 1.84 bits per heavy atom. The highest BCUT2D eigenvalue weighted by Gasteiger charge is 2.24. The molecule has 2 aromatic rings. The number of ether oxygens (including phenoxy) is 1. The lowest BCUT2D eigenvalue weighted by Gasteiger charge is -2.16. The van der Waals surface area contributed by atoms with Gasteiger partial charge in [0.15, 0.2) is 0 Å². The molecule has 0 fully saturated rings. The van der Waals surface area contributed by atoms with E-state index in [2.05, 4.69) is 5.32 Å². The van der Waals surface area contributed by atoms with Crippen molar-refractivity contribution in [3.05, 3.63) is 53.0 Å². The Morgan fingerprint density at radius 3 is 2.26 bits per heavy atom. The van der Waals surface area contributed by atoms with Crippen LogP contribution in [0.5, 0.6) is 5.75 Å². The van der Waals surface area contributed by atoms with Crippen LogP contribution in [0.3, 0.4) is 0 Å². The number of rotatable bonds is 4. The van der Waals surface area contributed by atoms with Crippen LogP contribution in [0.2, 0.25) is 0 Å². The zero-order valence-corrected chi connectivity index (χ0v) is 11.0. The van der Waals surface area contributed by atoms with Crippen molar-refractivity contribution in [1.29, 1.82) is 0 Å². The highest BCUT2D eigenvalue weighted by Crippen LogP contribution is 2.30. The fraction of sp³-hybridized carbons (Fsp3) is 0.286. The Morgan fingerprint density at radius 1 is 1.21 bits per heavy atom. The van der Waals surface area contributed by atoms with Gasteiger partial charge in [-0.05, 0) is 26.1 Å². The zero-order chi connectivity index (χ0) is 14.0. The molecule has 0 amide bonds. The molecule has 0 spiro atoms. The second kappa shape index (κ2) is 5.40. The van der Waals surface area contributed by atoms with Crippen molar-refractivity contribution in [3.63, 3.8) is 0 Å². The van der Waals surface area contributed by atoms with Gasteiger partial charge in [-0.15, -0.1) is 0 Å². The molecule has 0 radical (unpaired) electrons. The predicted molar refractivity (Wildman–Crippen MR) is 67.3 cm³/mol. The molecule has 0 aliphatic carbocycles. The van der Waals surface area contributed by atoms with Gasteiger partial charge in [-0.1, -0.05) is 0 Å². The van der Waals surface area contributed by atoms with Gasteiger partial charge in [0.1, 0.15) is 28.9 Å². The van der Waals surface area contributed by atoms with E-state index >= 15 is 0 Å². The Labute approximate surface area is 110 Å². The van der Waals surface area contributed by atoms with E-state index in [1.807, 2.05) is 0 Å². The average molecular weight is 267 g/mol. The van der Waals surface area contributed by atoms with E-state index in [1.165, 1.54) is 7.11 Å². The van der Waals surface area contributed by atoms with Crippen LogP contribution in [-0.4, -0.2) is 14.2 Å². The summed E-state index contributed by atoms with van der Waals surface area (Å²) >= 11 is 0. The third kappa shape index (κ3) is 2.61. The second-order valence-corrected chi connectivity index (χ2v) is 4.17. The lowest BCUT2D eigenvalue weighted by molar-refractivity contribution is 0.397. The van der Waals surface area contributed by atoms with Gasteiger partial charge >= 0.3 is 0 Å². The summed E-state index contributed by atoms with van der Waals surface area (Å²) in [5.41, 5.74) is -0.0855. The number of halogens is 2. The highest BCUT2D eigenvalue weighted by molar-refractivity contribution is 5.35. The van der Waals surface area contributed by atoms with Crippen molar-refractivity contribution < 1.29 is 17.9 Å². The summed E-state index contributed by atoms with van der Waals surface area (Å²) in [7, 11) is 2.98. The van der Waals surface area contributed by atoms with Gasteiger partial charge in [0.25, 0.3) is 0 Å². The van der Waals surface area contributed by atoms with Gasteiger partial charge in [0.05, 0.1) is 13.2 Å². The molecular weight excluding hydrogens is 252 g/mol. The summed E-state index contributed by atoms with van der Waals surface area (Å²) in [5, 5.41) is 2.85. The number of nitrogens with one attached hydrogen (secondary N) is 1. The first-order valence-electron chi connectivity index (χ1n) is 5.83. The van der Waals surface area contributed by atoms with Crippen LogP contribution in [0.4, 0.5) is 8.78 Å². The summed E-state index contributed by atoms with van der Waals surface area (Å²) in [5.74, 6) is -0.0627. The third-order valence-electron chi connectivity index (χ3n) is 2.91. The SMILES string of the molecule is CNC(c1ccc(C)o1)c1c(F)cc(OC)cc1F. The molecule has 1 aromatic heterocycles. The minimum absolute atomic E-state index is 0.0855. The molecule has 5 heteroatoms. The van der Waals surface area contributed by atoms with E-state index < -0.39 is 17.7 Å². The summed E-state index contributed by atoms with van der Waals surface area (Å²) in [6.45, 7) is 1.77. The van der Waals surface area contributed by atoms with E-state index in [0.29, 0.717) is 11.5 Å². The number of benzene rings is 1. The molecule has 1 N–H and O–H groups in total. The molecule has 3 nitrogen and oxygen atoms in total. The van der Waals surface area contributed by atoms with Gasteiger partial charge in [0.2, 0.25) is 0 Å². The Balaban J connectivity index is 2.49. The van der Waals surface area contributed by atoms with E-state index in [4.69, 9.17) is 9.15 Å². The fourth-order valence-corrected chi connectivity index (χ4v) is 1.99. The molecule has 1 heterocycles. The van der Waals surface area contributed by atoms with Gasteiger partial charge in [-0.25, -0.2) is 8.78 Å². The quantitative estimate of drug-likeness (QED) is 0.923. The maximum absolute atomic E-state index is 14.0. The minimum Gasteiger partial charge on any atom is -0.497 e. The molecule has 0 aliphatic rings. The molecule has 0 aliphatic heterocycles. The van der Waals surface area contributed by atoms with Gasteiger partial charge in [0, 0.05) is 17.7 Å². The molecule has 0 saturated heterocycles. The summed E-state index contributed by atoms with van der Waals surface area (Å²) in [4.78, 5) is 0. The van der Waals surface area contributed by atoms with E-state index in [1.54, 1.807) is 26.1 Å². The normalized spacial score (nSPS) is 12.5. The van der Waals surface area contributed by atoms with Crippen LogP contribution in [0.15, 0.2) is 28.7 Å². The minimum atomic E-state index is -0.681. The zero-order valence-electron chi connectivity index (χ0n) is 11.0. The Hall–Kier alpha value is -1.88. The smallest absolute Gasteiger partial charge is 0.135 e. The van der Waals surface area contributed by atoms with E-state index in [-0.39, 0.29) is 11.3 Å². The number of hydrogen-bond acceptors (Lipinski definition) is 3. The summed E-state index contributed by atoms with van der Waals surface area (Å²) in [6.07, 6.45) is 0. The number of hydrogen-bond donors (Lipinski definition) is 1. The van der Waals surface area contributed by atoms with Gasteiger partial charge in [-0.2, -0.15) is 0 Å². The largest absolute Gasteiger partial charge is 0.497 e. The molecule has 0 bridgehead atoms. The van der Waals surface area contributed by atoms with Gasteiger partial charge < -0.3 is 14.5 Å². The Bertz CT molecular complexity index is 558. The average Bonchev–Trinajstić information content (AvgIpc) is 2.79. The molecule has 19 heavy (non-hydrogen) atoms. The lowest BCUT2D eigenvalue weighted by atomic mass is 10.0. The molecule has 1 atom stereocenters. The maximum Gasteiger partial charge on any atom is 0.135 e. The molecule has 0 saturated carbocycles. The van der Waals surface area contributed by atoms with Crippen LogP contribution in [0, 0.1) is 18.6 Å². The maximum atomic E-state index is 14.0. The Kier molecular flexibility index (Phi) is 3.85. The molecule has 2 rings (SSSR count). The van der Waals surface area contributed by atoms with E-state index in [9.17, 15) is 8.78 Å². The van der Waals surface area contributed by atoms with Crippen molar-refractivity contribution in [3.8, 4) is 5.75 Å². The number of furan rings is 1. The lowest BCUT2D eigenvalue weighted by Crippen LogP contribution is -2.20. The van der Waals surface area contributed by atoms with Crippen molar-refractivity contribution in [2.45, 2.75) is 13.0 Å². The topological polar surface area (TPSA) is 34.4 Å². The van der Waals surface area contributed by atoms with Crippen LogP contribution >= 0.6 is 0 Å². The first-order valence-corrected chi connectivity index (χ1v) is 5.83. The number of methoxy groups -OCH3 is 1. The first-order chi connectivity index (χ1) is 9.06. The molecular formula is C14H15F2NO2. The number of aryl methyl sites for hydroxylation is 1. The fourth-order valence-electron chi connectivity index (χ4n) is 1.99. The van der Waals surface area contributed by atoms with Crippen molar-refractivity contribution in [1.82, 2.24) is 5.32 Å². The van der Waals surface area contributed by atoms with Crippen molar-refractivity contribution in [2.75, 3.05) is 14.2 Å². The van der Waals surface area contributed by atoms with Crippen LogP contribution in [0.1, 0.15) is 23.1 Å². The first kappa shape index (κ1) is 13.5. The highest BCUT2D eigenvalue weighted by atomic mass is 19.1. The molecule has 1 aromatic carbocycles. The van der Waals surface area contributed by atoms with Crippen LogP contribution in [0.25, 0.3) is 0 Å². The predicted octanol–water partition coefficient (Wildman–Crippen LogP) is 3.18. The van der Waals surface area contributed by atoms with Crippen LogP contribution < -0.4 is 10.1 Å². The standard InChI is InChI=1S/C14H15F2NO2/c1-8-4-5-12(19-8)14(17-2)13-10(15)6-9(18-3)7-11(13)16/h4-7,14,17H,1-3H3. The van der Waals surface area contributed by atoms with Gasteiger partial charge in [-0.3, -0.25) is 0 Å². The third-order valence-corrected chi connectivity index (χ3v) is 2.91. The van der Waals surface area contributed by atoms with E-state index in [0.717, 1.165) is 12.1 Å². The summed E-state index contributed by atoms with van der Waals surface area (Å²) in [6, 6.07) is 5.06. The second-order valence-electron chi connectivity index (χ2n) is 4.17.